The smallest absolute Gasteiger partial charge is 0.00948 e. The number of rotatable bonds is 2. The molecule has 5 rings (SSSR count). The number of fused-ring (bicyclic) bond motifs is 3. The van der Waals surface area contributed by atoms with E-state index in [1.807, 2.05) is 0 Å². The highest BCUT2D eigenvalue weighted by atomic mass is 31.1. The average Bonchev–Trinajstić information content (AvgIpc) is 3.10. The van der Waals surface area contributed by atoms with Gasteiger partial charge in [-0.2, -0.15) is 0 Å². The van der Waals surface area contributed by atoms with Crippen molar-refractivity contribution in [3.8, 4) is 32.3 Å². The van der Waals surface area contributed by atoms with Gasteiger partial charge in [-0.15, -0.1) is 15.1 Å². The van der Waals surface area contributed by atoms with Gasteiger partial charge in [0, 0.05) is 21.2 Å². The summed E-state index contributed by atoms with van der Waals surface area (Å²) in [5, 5.41) is 6.77. The molecule has 30 heavy (non-hydrogen) atoms. The van der Waals surface area contributed by atoms with Crippen LogP contribution in [0, 0.1) is 27.7 Å². The molecule has 0 nitrogen and oxygen atoms in total. The second-order valence-corrected chi connectivity index (χ2v) is 13.5. The Labute approximate surface area is 183 Å². The molecule has 0 bridgehead atoms. The van der Waals surface area contributed by atoms with Gasteiger partial charge in [-0.1, -0.05) is 67.6 Å². The molecule has 0 N–H and O–H groups in total. The van der Waals surface area contributed by atoms with E-state index < -0.39 is 0 Å². The number of hydrogen-bond donors (Lipinski definition) is 0. The molecule has 0 aliphatic carbocycles. The van der Waals surface area contributed by atoms with Gasteiger partial charge in [0.25, 0.3) is 0 Å². The quantitative estimate of drug-likeness (QED) is 0.298. The van der Waals surface area contributed by atoms with E-state index in [4.69, 9.17) is 0 Å². The van der Waals surface area contributed by atoms with Crippen LogP contribution in [0.4, 0.5) is 0 Å². The molecule has 2 heteroatoms. The predicted molar refractivity (Wildman–Crippen MR) is 136 cm³/mol. The minimum absolute atomic E-state index is 0.266. The molecule has 1 aliphatic rings. The van der Waals surface area contributed by atoms with Crippen LogP contribution in [0.15, 0.2) is 60.7 Å². The first-order valence-corrected chi connectivity index (χ1v) is 14.0. The monoisotopic (exact) mass is 428 g/mol. The zero-order valence-electron chi connectivity index (χ0n) is 18.7. The van der Waals surface area contributed by atoms with E-state index in [1.54, 1.807) is 32.3 Å². The Kier molecular flexibility index (Phi) is 5.05. The third-order valence-corrected chi connectivity index (χ3v) is 13.5. The molecule has 0 saturated heterocycles. The normalized spacial score (nSPS) is 16.8. The third-order valence-electron chi connectivity index (χ3n) is 7.10. The molecule has 2 unspecified atom stereocenters. The van der Waals surface area contributed by atoms with Crippen LogP contribution in [0.3, 0.4) is 0 Å². The first-order chi connectivity index (χ1) is 14.5. The predicted octanol–water partition coefficient (Wildman–Crippen LogP) is 9.86. The molecular formula is C28H30P2. The SMILES string of the molecule is Cc1c(C)c2p(c1-c1ccccc1)CC[C@@H](C)p1c(-c3ccccc3)c(C)c(C)c1-2. The van der Waals surface area contributed by atoms with Crippen LogP contribution in [0.2, 0.25) is 0 Å². The number of benzene rings is 2. The van der Waals surface area contributed by atoms with Crippen molar-refractivity contribution < 1.29 is 0 Å². The van der Waals surface area contributed by atoms with Gasteiger partial charge in [-0.05, 0) is 79.3 Å². The summed E-state index contributed by atoms with van der Waals surface area (Å²) in [7, 11) is -0.566. The molecule has 1 aliphatic heterocycles. The molecule has 152 valence electrons. The average molecular weight is 428 g/mol. The molecule has 0 radical (unpaired) electrons. The highest BCUT2D eigenvalue weighted by molar-refractivity contribution is 7.62. The second-order valence-electron chi connectivity index (χ2n) is 8.79. The van der Waals surface area contributed by atoms with Gasteiger partial charge in [0.05, 0.1) is 0 Å². The van der Waals surface area contributed by atoms with E-state index >= 15 is 0 Å². The standard InChI is InChI=1S/C28H30P2/c1-18-16-17-29-25(23-12-8-6-9-13-23)19(2)21(4)27(29)28-22(5)20(3)26(30(18)28)24-14-10-7-11-15-24/h6-15,18H,16-17H2,1-5H3/t18-,29?,30?/m1/s1. The highest BCUT2D eigenvalue weighted by Crippen LogP contribution is 2.70. The lowest BCUT2D eigenvalue weighted by atomic mass is 10.0. The van der Waals surface area contributed by atoms with E-state index in [1.165, 1.54) is 34.8 Å². The zero-order valence-corrected chi connectivity index (χ0v) is 20.4. The maximum Gasteiger partial charge on any atom is 0.00948 e. The van der Waals surface area contributed by atoms with Gasteiger partial charge in [0.1, 0.15) is 0 Å². The van der Waals surface area contributed by atoms with E-state index in [2.05, 4.69) is 95.3 Å². The van der Waals surface area contributed by atoms with Crippen LogP contribution in [0.25, 0.3) is 32.3 Å². The van der Waals surface area contributed by atoms with Gasteiger partial charge in [-0.25, -0.2) is 0 Å². The fraction of sp³-hybridized carbons (Fsp3) is 0.286. The minimum Gasteiger partial charge on any atom is -0.108 e. The van der Waals surface area contributed by atoms with Gasteiger partial charge < -0.3 is 0 Å². The molecule has 3 heterocycles. The summed E-state index contributed by atoms with van der Waals surface area (Å²) >= 11 is 0. The van der Waals surface area contributed by atoms with Crippen molar-refractivity contribution in [2.24, 2.45) is 0 Å². The first kappa shape index (κ1) is 19.9. The van der Waals surface area contributed by atoms with Crippen LogP contribution in [0.1, 0.15) is 41.3 Å². The number of hydrogen-bond acceptors (Lipinski definition) is 0. The molecule has 0 fully saturated rings. The van der Waals surface area contributed by atoms with Crippen molar-refractivity contribution >= 4 is 15.1 Å². The molecule has 2 aromatic carbocycles. The van der Waals surface area contributed by atoms with Crippen molar-refractivity contribution in [1.29, 1.82) is 0 Å². The summed E-state index contributed by atoms with van der Waals surface area (Å²) in [5.41, 5.74) is 9.84. The topological polar surface area (TPSA) is 0 Å². The van der Waals surface area contributed by atoms with E-state index in [9.17, 15) is 0 Å². The summed E-state index contributed by atoms with van der Waals surface area (Å²) in [6.45, 7) is 12.1. The Morgan fingerprint density at radius 2 is 1.07 bits per heavy atom. The fourth-order valence-electron chi connectivity index (χ4n) is 5.33. The maximum atomic E-state index is 2.52. The fourth-order valence-corrected chi connectivity index (χ4v) is 12.9. The van der Waals surface area contributed by atoms with Crippen molar-refractivity contribution in [3.05, 3.63) is 82.9 Å². The Bertz CT molecular complexity index is 1220. The van der Waals surface area contributed by atoms with Crippen LogP contribution in [-0.4, -0.2) is 0 Å². The molecule has 0 amide bonds. The van der Waals surface area contributed by atoms with Gasteiger partial charge in [-0.3, -0.25) is 0 Å². The Morgan fingerprint density at radius 1 is 0.600 bits per heavy atom. The lowest BCUT2D eigenvalue weighted by molar-refractivity contribution is 0.822. The third kappa shape index (κ3) is 2.89. The molecular weight excluding hydrogens is 398 g/mol. The van der Waals surface area contributed by atoms with Crippen molar-refractivity contribution in [2.45, 2.75) is 52.9 Å². The lowest BCUT2D eigenvalue weighted by Crippen LogP contribution is -1.85. The van der Waals surface area contributed by atoms with Crippen LogP contribution in [-0.2, 0) is 6.16 Å². The minimum atomic E-state index is -0.300. The summed E-state index contributed by atoms with van der Waals surface area (Å²) in [4.78, 5) is 0. The Morgan fingerprint density at radius 3 is 1.67 bits per heavy atom. The molecule has 3 atom stereocenters. The van der Waals surface area contributed by atoms with Gasteiger partial charge >= 0.3 is 0 Å². The van der Waals surface area contributed by atoms with Crippen LogP contribution < -0.4 is 0 Å². The first-order valence-electron chi connectivity index (χ1n) is 11.0. The summed E-state index contributed by atoms with van der Waals surface area (Å²) < 4.78 is 0. The van der Waals surface area contributed by atoms with Crippen LogP contribution in [0.5, 0.6) is 0 Å². The Balaban J connectivity index is 1.86. The summed E-state index contributed by atoms with van der Waals surface area (Å²) in [6.07, 6.45) is 2.67. The molecule has 0 spiro atoms. The lowest BCUT2D eigenvalue weighted by Gasteiger charge is -2.16. The van der Waals surface area contributed by atoms with Crippen molar-refractivity contribution in [1.82, 2.24) is 0 Å². The largest absolute Gasteiger partial charge is 0.108 e. The maximum absolute atomic E-state index is 2.52. The van der Waals surface area contributed by atoms with Crippen LogP contribution >= 0.6 is 15.1 Å². The van der Waals surface area contributed by atoms with Gasteiger partial charge in [0.2, 0.25) is 0 Å². The highest BCUT2D eigenvalue weighted by Gasteiger charge is 2.32. The Hall–Kier alpha value is -2.00. The van der Waals surface area contributed by atoms with Crippen molar-refractivity contribution in [2.75, 3.05) is 0 Å². The van der Waals surface area contributed by atoms with E-state index in [-0.39, 0.29) is 15.1 Å². The van der Waals surface area contributed by atoms with E-state index in [0.717, 1.165) is 5.66 Å². The summed E-state index contributed by atoms with van der Waals surface area (Å²) in [6, 6.07) is 22.4. The molecule has 4 aromatic rings. The molecule has 2 aromatic heterocycles. The molecule has 0 saturated carbocycles. The second kappa shape index (κ2) is 7.60. The zero-order chi connectivity index (χ0) is 21.0. The van der Waals surface area contributed by atoms with Gasteiger partial charge in [0.15, 0.2) is 0 Å². The van der Waals surface area contributed by atoms with Crippen molar-refractivity contribution in [3.63, 3.8) is 0 Å². The van der Waals surface area contributed by atoms with E-state index in [0.29, 0.717) is 0 Å². The summed E-state index contributed by atoms with van der Waals surface area (Å²) in [5.74, 6) is 0.